The first-order chi connectivity index (χ1) is 19.8. The maximum Gasteiger partial charge on any atom is 0.308 e. The molecule has 208 valence electrons. The van der Waals surface area contributed by atoms with Crippen LogP contribution in [0.1, 0.15) is 39.5 Å². The zero-order valence-electron chi connectivity index (χ0n) is 22.1. The standard InChI is InChI=1S/C32H28N2O6S/c35-30(33-28-18-10-9-17-27(28)32(37)24-12-3-1-4-13-24)22-40-31(36)21-29-26-16-8-7-11-23(26)19-20-34(29)41(38,39)25-14-5-2-6-15-25/h1-18,29H,19-22H2,(H,33,35). The molecule has 1 amide bonds. The highest BCUT2D eigenvalue weighted by atomic mass is 32.2. The fraction of sp³-hybridized carbons (Fsp3) is 0.156. The van der Waals surface area contributed by atoms with Gasteiger partial charge in [-0.1, -0.05) is 84.9 Å². The summed E-state index contributed by atoms with van der Waals surface area (Å²) < 4.78 is 33.7. The van der Waals surface area contributed by atoms with Gasteiger partial charge in [-0.05, 0) is 41.8 Å². The molecule has 5 rings (SSSR count). The molecule has 9 heteroatoms. The van der Waals surface area contributed by atoms with E-state index in [4.69, 9.17) is 4.74 Å². The summed E-state index contributed by atoms with van der Waals surface area (Å²) in [6, 6.07) is 30.0. The summed E-state index contributed by atoms with van der Waals surface area (Å²) in [5.74, 6) is -1.59. The second-order valence-corrected chi connectivity index (χ2v) is 11.4. The third kappa shape index (κ3) is 6.26. The van der Waals surface area contributed by atoms with Gasteiger partial charge in [-0.2, -0.15) is 4.31 Å². The van der Waals surface area contributed by atoms with E-state index in [2.05, 4.69) is 5.32 Å². The molecule has 0 saturated heterocycles. The summed E-state index contributed by atoms with van der Waals surface area (Å²) in [4.78, 5) is 38.8. The van der Waals surface area contributed by atoms with Gasteiger partial charge in [0.2, 0.25) is 10.0 Å². The van der Waals surface area contributed by atoms with Crippen molar-refractivity contribution in [2.45, 2.75) is 23.8 Å². The molecule has 1 heterocycles. The highest BCUT2D eigenvalue weighted by Gasteiger charge is 2.37. The molecule has 41 heavy (non-hydrogen) atoms. The molecule has 0 aliphatic carbocycles. The van der Waals surface area contributed by atoms with Crippen molar-refractivity contribution < 1.29 is 27.5 Å². The lowest BCUT2D eigenvalue weighted by molar-refractivity contribution is -0.148. The normalized spacial score (nSPS) is 15.0. The van der Waals surface area contributed by atoms with Crippen LogP contribution in [0.25, 0.3) is 0 Å². The van der Waals surface area contributed by atoms with Crippen LogP contribution >= 0.6 is 0 Å². The first-order valence-electron chi connectivity index (χ1n) is 13.1. The number of carbonyl (C=O) groups is 3. The van der Waals surface area contributed by atoms with E-state index < -0.39 is 34.5 Å². The third-order valence-corrected chi connectivity index (χ3v) is 8.84. The number of nitrogens with one attached hydrogen (secondary N) is 1. The number of hydrogen-bond acceptors (Lipinski definition) is 6. The molecule has 0 saturated carbocycles. The molecule has 1 aliphatic rings. The summed E-state index contributed by atoms with van der Waals surface area (Å²) in [6.07, 6.45) is 0.247. The summed E-state index contributed by atoms with van der Waals surface area (Å²) >= 11 is 0. The van der Waals surface area contributed by atoms with E-state index in [0.29, 0.717) is 23.2 Å². The van der Waals surface area contributed by atoms with Crippen molar-refractivity contribution in [2.24, 2.45) is 0 Å². The molecular weight excluding hydrogens is 540 g/mol. The van der Waals surface area contributed by atoms with Crippen molar-refractivity contribution in [2.75, 3.05) is 18.5 Å². The largest absolute Gasteiger partial charge is 0.456 e. The van der Waals surface area contributed by atoms with Gasteiger partial charge in [0.15, 0.2) is 12.4 Å². The predicted octanol–water partition coefficient (Wildman–Crippen LogP) is 4.78. The van der Waals surface area contributed by atoms with E-state index in [1.54, 1.807) is 78.9 Å². The molecule has 1 atom stereocenters. The number of carbonyl (C=O) groups excluding carboxylic acids is 3. The molecule has 0 spiro atoms. The summed E-state index contributed by atoms with van der Waals surface area (Å²) in [5, 5.41) is 2.65. The van der Waals surface area contributed by atoms with Gasteiger partial charge in [0, 0.05) is 17.7 Å². The number of ether oxygens (including phenoxy) is 1. The van der Waals surface area contributed by atoms with Crippen molar-refractivity contribution in [1.82, 2.24) is 4.31 Å². The number of nitrogens with zero attached hydrogens (tertiary/aromatic N) is 1. The van der Waals surface area contributed by atoms with Crippen molar-refractivity contribution in [3.63, 3.8) is 0 Å². The monoisotopic (exact) mass is 568 g/mol. The lowest BCUT2D eigenvalue weighted by Crippen LogP contribution is -2.41. The van der Waals surface area contributed by atoms with Gasteiger partial charge in [0.05, 0.1) is 23.0 Å². The van der Waals surface area contributed by atoms with Crippen LogP contribution in [-0.2, 0) is 30.8 Å². The number of fused-ring (bicyclic) bond motifs is 1. The Morgan fingerprint density at radius 2 is 1.44 bits per heavy atom. The molecule has 0 radical (unpaired) electrons. The summed E-state index contributed by atoms with van der Waals surface area (Å²) in [5.41, 5.74) is 2.77. The van der Waals surface area contributed by atoms with E-state index in [0.717, 1.165) is 11.1 Å². The minimum atomic E-state index is -3.89. The average molecular weight is 569 g/mol. The van der Waals surface area contributed by atoms with E-state index in [1.165, 1.54) is 16.4 Å². The molecule has 0 bridgehead atoms. The quantitative estimate of drug-likeness (QED) is 0.230. The molecule has 8 nitrogen and oxygen atoms in total. The number of esters is 1. The number of sulfonamides is 1. The van der Waals surface area contributed by atoms with Crippen LogP contribution in [-0.4, -0.2) is 43.5 Å². The topological polar surface area (TPSA) is 110 Å². The second kappa shape index (κ2) is 12.3. The maximum absolute atomic E-state index is 13.5. The van der Waals surface area contributed by atoms with Crippen LogP contribution in [0.5, 0.6) is 0 Å². The number of hydrogen-bond donors (Lipinski definition) is 1. The van der Waals surface area contributed by atoms with E-state index in [9.17, 15) is 22.8 Å². The third-order valence-electron chi connectivity index (χ3n) is 6.92. The van der Waals surface area contributed by atoms with Gasteiger partial charge in [0.1, 0.15) is 0 Å². The van der Waals surface area contributed by atoms with Gasteiger partial charge < -0.3 is 10.1 Å². The van der Waals surface area contributed by atoms with E-state index >= 15 is 0 Å². The molecule has 1 N–H and O–H groups in total. The number of benzene rings is 4. The van der Waals surface area contributed by atoms with Crippen molar-refractivity contribution in [1.29, 1.82) is 0 Å². The van der Waals surface area contributed by atoms with Crippen LogP contribution in [0.4, 0.5) is 5.69 Å². The van der Waals surface area contributed by atoms with Gasteiger partial charge in [-0.15, -0.1) is 0 Å². The summed E-state index contributed by atoms with van der Waals surface area (Å²) in [6.45, 7) is -0.384. The van der Waals surface area contributed by atoms with Crippen LogP contribution < -0.4 is 5.32 Å². The fourth-order valence-corrected chi connectivity index (χ4v) is 6.57. The van der Waals surface area contributed by atoms with Crippen molar-refractivity contribution >= 4 is 33.4 Å². The highest BCUT2D eigenvalue weighted by molar-refractivity contribution is 7.89. The Balaban J connectivity index is 1.28. The van der Waals surface area contributed by atoms with Crippen molar-refractivity contribution in [3.8, 4) is 0 Å². The van der Waals surface area contributed by atoms with Crippen LogP contribution in [0.2, 0.25) is 0 Å². The SMILES string of the molecule is O=C(COC(=O)CC1c2ccccc2CCN1S(=O)(=O)c1ccccc1)Nc1ccccc1C(=O)c1ccccc1. The molecule has 0 fully saturated rings. The molecule has 4 aromatic carbocycles. The van der Waals surface area contributed by atoms with Crippen LogP contribution in [0, 0.1) is 0 Å². The Bertz CT molecular complexity index is 1670. The van der Waals surface area contributed by atoms with Crippen LogP contribution in [0.3, 0.4) is 0 Å². The van der Waals surface area contributed by atoms with Gasteiger partial charge in [-0.3, -0.25) is 14.4 Å². The zero-order chi connectivity index (χ0) is 28.8. The molecule has 0 aromatic heterocycles. The average Bonchev–Trinajstić information content (AvgIpc) is 3.01. The van der Waals surface area contributed by atoms with Gasteiger partial charge in [-0.25, -0.2) is 8.42 Å². The Hall–Kier alpha value is -4.60. The van der Waals surface area contributed by atoms with Crippen LogP contribution in [0.15, 0.2) is 114 Å². The molecule has 1 aliphatic heterocycles. The Morgan fingerprint density at radius 3 is 2.20 bits per heavy atom. The zero-order valence-corrected chi connectivity index (χ0v) is 22.9. The maximum atomic E-state index is 13.5. The lowest BCUT2D eigenvalue weighted by Gasteiger charge is -2.36. The van der Waals surface area contributed by atoms with E-state index in [1.807, 2.05) is 18.2 Å². The second-order valence-electron chi connectivity index (χ2n) is 9.55. The Morgan fingerprint density at radius 1 is 0.805 bits per heavy atom. The number of amides is 1. The minimum Gasteiger partial charge on any atom is -0.456 e. The molecule has 1 unspecified atom stereocenters. The minimum absolute atomic E-state index is 0.140. The Labute approximate surface area is 238 Å². The van der Waals surface area contributed by atoms with E-state index in [-0.39, 0.29) is 23.6 Å². The number of anilines is 1. The van der Waals surface area contributed by atoms with Gasteiger partial charge >= 0.3 is 5.97 Å². The first-order valence-corrected chi connectivity index (χ1v) is 14.6. The first kappa shape index (κ1) is 27.9. The fourth-order valence-electron chi connectivity index (χ4n) is 4.94. The number of para-hydroxylation sites is 1. The smallest absolute Gasteiger partial charge is 0.308 e. The Kier molecular flexibility index (Phi) is 8.37. The number of ketones is 1. The summed E-state index contributed by atoms with van der Waals surface area (Å²) in [7, 11) is -3.89. The van der Waals surface area contributed by atoms with Gasteiger partial charge in [0.25, 0.3) is 5.91 Å². The number of rotatable bonds is 9. The molecule has 4 aromatic rings. The van der Waals surface area contributed by atoms with Crippen molar-refractivity contribution in [3.05, 3.63) is 131 Å². The molecular formula is C32H28N2O6S. The predicted molar refractivity (Wildman–Crippen MR) is 154 cm³/mol. The lowest BCUT2D eigenvalue weighted by atomic mass is 9.92. The highest BCUT2D eigenvalue weighted by Crippen LogP contribution is 2.36.